The number of ether oxygens (including phenoxy) is 1. The van der Waals surface area contributed by atoms with E-state index in [0.717, 1.165) is 17.7 Å². The predicted octanol–water partition coefficient (Wildman–Crippen LogP) is 2.40. The highest BCUT2D eigenvalue weighted by molar-refractivity contribution is 7.12. The molecule has 0 radical (unpaired) electrons. The quantitative estimate of drug-likeness (QED) is 0.755. The van der Waals surface area contributed by atoms with Gasteiger partial charge in [-0.25, -0.2) is 0 Å². The van der Waals surface area contributed by atoms with Gasteiger partial charge in [-0.2, -0.15) is 0 Å². The summed E-state index contributed by atoms with van der Waals surface area (Å²) in [4.78, 5) is 41.7. The lowest BCUT2D eigenvalue weighted by Gasteiger charge is -2.37. The van der Waals surface area contributed by atoms with Crippen LogP contribution in [0, 0.1) is 11.8 Å². The molecule has 2 aliphatic heterocycles. The Morgan fingerprint density at radius 3 is 2.54 bits per heavy atom. The van der Waals surface area contributed by atoms with Gasteiger partial charge in [-0.3, -0.25) is 14.4 Å². The minimum Gasteiger partial charge on any atom is -0.466 e. The van der Waals surface area contributed by atoms with E-state index in [-0.39, 0.29) is 29.6 Å². The van der Waals surface area contributed by atoms with E-state index in [2.05, 4.69) is 0 Å². The molecular weight excluding hydrogens is 352 g/mol. The van der Waals surface area contributed by atoms with E-state index in [1.54, 1.807) is 0 Å². The SMILES string of the molecule is CCOC(=O)C1CCN(C(=O)C2CCCN(C(=O)c3cccs3)C2)CC1. The van der Waals surface area contributed by atoms with E-state index < -0.39 is 0 Å². The highest BCUT2D eigenvalue weighted by Crippen LogP contribution is 2.25. The topological polar surface area (TPSA) is 66.9 Å². The summed E-state index contributed by atoms with van der Waals surface area (Å²) < 4.78 is 5.08. The van der Waals surface area contributed by atoms with Crippen molar-refractivity contribution in [2.45, 2.75) is 32.6 Å². The summed E-state index contributed by atoms with van der Waals surface area (Å²) in [6.07, 6.45) is 3.00. The molecule has 2 amide bonds. The largest absolute Gasteiger partial charge is 0.466 e. The van der Waals surface area contributed by atoms with Crippen molar-refractivity contribution in [2.75, 3.05) is 32.8 Å². The van der Waals surface area contributed by atoms with E-state index in [1.807, 2.05) is 34.2 Å². The first-order valence-electron chi connectivity index (χ1n) is 9.38. The van der Waals surface area contributed by atoms with Crippen LogP contribution in [0.15, 0.2) is 17.5 Å². The summed E-state index contributed by atoms with van der Waals surface area (Å²) in [7, 11) is 0. The standard InChI is InChI=1S/C19H26N2O4S/c1-2-25-19(24)14-7-10-20(11-8-14)17(22)15-5-3-9-21(13-15)18(23)16-6-4-12-26-16/h4,6,12,14-15H,2-3,5,7-11,13H2,1H3. The average Bonchev–Trinajstić information content (AvgIpc) is 3.22. The number of thiophene rings is 1. The lowest BCUT2D eigenvalue weighted by Crippen LogP contribution is -2.49. The minimum atomic E-state index is -0.148. The van der Waals surface area contributed by atoms with Crippen molar-refractivity contribution < 1.29 is 19.1 Å². The molecule has 142 valence electrons. The molecule has 3 rings (SSSR count). The Kier molecular flexibility index (Phi) is 6.29. The molecule has 7 heteroatoms. The zero-order chi connectivity index (χ0) is 18.5. The first kappa shape index (κ1) is 18.9. The molecule has 2 saturated heterocycles. The Hall–Kier alpha value is -1.89. The Bertz CT molecular complexity index is 638. The first-order valence-corrected chi connectivity index (χ1v) is 10.3. The van der Waals surface area contributed by atoms with Gasteiger partial charge in [0.05, 0.1) is 23.3 Å². The average molecular weight is 378 g/mol. The van der Waals surface area contributed by atoms with Crippen LogP contribution in [0.3, 0.4) is 0 Å². The number of nitrogens with zero attached hydrogens (tertiary/aromatic N) is 2. The maximum atomic E-state index is 12.9. The Balaban J connectivity index is 1.53. The van der Waals surface area contributed by atoms with Crippen LogP contribution in [0.4, 0.5) is 0 Å². The third-order valence-corrected chi connectivity index (χ3v) is 6.07. The van der Waals surface area contributed by atoms with Gasteiger partial charge in [0, 0.05) is 26.2 Å². The van der Waals surface area contributed by atoms with Crippen LogP contribution in [0.5, 0.6) is 0 Å². The van der Waals surface area contributed by atoms with Crippen molar-refractivity contribution in [3.8, 4) is 0 Å². The second-order valence-corrected chi connectivity index (χ2v) is 7.87. The van der Waals surface area contributed by atoms with Gasteiger partial charge in [0.25, 0.3) is 5.91 Å². The van der Waals surface area contributed by atoms with Crippen molar-refractivity contribution in [1.29, 1.82) is 0 Å². The third-order valence-electron chi connectivity index (χ3n) is 5.22. The Morgan fingerprint density at radius 2 is 1.88 bits per heavy atom. The fraction of sp³-hybridized carbons (Fsp3) is 0.632. The molecule has 26 heavy (non-hydrogen) atoms. The summed E-state index contributed by atoms with van der Waals surface area (Å²) in [6.45, 7) is 4.60. The van der Waals surface area contributed by atoms with Crippen LogP contribution in [0.25, 0.3) is 0 Å². The molecule has 1 unspecified atom stereocenters. The number of likely N-dealkylation sites (tertiary alicyclic amines) is 2. The second-order valence-electron chi connectivity index (χ2n) is 6.92. The molecule has 0 saturated carbocycles. The molecular formula is C19H26N2O4S. The van der Waals surface area contributed by atoms with Gasteiger partial charge < -0.3 is 14.5 Å². The van der Waals surface area contributed by atoms with Gasteiger partial charge in [0.1, 0.15) is 0 Å². The fourth-order valence-corrected chi connectivity index (χ4v) is 4.46. The fourth-order valence-electron chi connectivity index (χ4n) is 3.77. The monoisotopic (exact) mass is 378 g/mol. The highest BCUT2D eigenvalue weighted by Gasteiger charge is 2.34. The highest BCUT2D eigenvalue weighted by atomic mass is 32.1. The Labute approximate surface area is 158 Å². The number of hydrogen-bond donors (Lipinski definition) is 0. The van der Waals surface area contributed by atoms with Crippen LogP contribution < -0.4 is 0 Å². The third kappa shape index (κ3) is 4.26. The van der Waals surface area contributed by atoms with Gasteiger partial charge in [0.2, 0.25) is 5.91 Å². The van der Waals surface area contributed by atoms with Gasteiger partial charge in [-0.15, -0.1) is 11.3 Å². The molecule has 0 aliphatic carbocycles. The number of rotatable bonds is 4. The van der Waals surface area contributed by atoms with Crippen molar-refractivity contribution in [3.63, 3.8) is 0 Å². The molecule has 2 aliphatic rings. The van der Waals surface area contributed by atoms with Crippen LogP contribution in [-0.4, -0.2) is 60.4 Å². The lowest BCUT2D eigenvalue weighted by molar-refractivity contribution is -0.152. The molecule has 2 fully saturated rings. The Morgan fingerprint density at radius 1 is 1.12 bits per heavy atom. The molecule has 0 bridgehead atoms. The van der Waals surface area contributed by atoms with Crippen molar-refractivity contribution in [1.82, 2.24) is 9.80 Å². The molecule has 0 spiro atoms. The van der Waals surface area contributed by atoms with Gasteiger partial charge in [0.15, 0.2) is 0 Å². The summed E-state index contributed by atoms with van der Waals surface area (Å²) in [5.41, 5.74) is 0. The summed E-state index contributed by atoms with van der Waals surface area (Å²) >= 11 is 1.44. The summed E-state index contributed by atoms with van der Waals surface area (Å²) in [6, 6.07) is 3.71. The van der Waals surface area contributed by atoms with Crippen LogP contribution in [-0.2, 0) is 14.3 Å². The minimum absolute atomic E-state index is 0.0264. The molecule has 3 heterocycles. The molecule has 0 aromatic carbocycles. The lowest BCUT2D eigenvalue weighted by atomic mass is 9.92. The van der Waals surface area contributed by atoms with Crippen molar-refractivity contribution in [2.24, 2.45) is 11.8 Å². The summed E-state index contributed by atoms with van der Waals surface area (Å²) in [5.74, 6) is -0.228. The first-order chi connectivity index (χ1) is 12.6. The normalized spacial score (nSPS) is 21.5. The number of hydrogen-bond acceptors (Lipinski definition) is 5. The van der Waals surface area contributed by atoms with Crippen LogP contribution in [0.2, 0.25) is 0 Å². The van der Waals surface area contributed by atoms with E-state index in [1.165, 1.54) is 11.3 Å². The molecule has 1 atom stereocenters. The molecule has 1 aromatic heterocycles. The van der Waals surface area contributed by atoms with E-state index in [0.29, 0.717) is 45.6 Å². The van der Waals surface area contributed by atoms with E-state index in [9.17, 15) is 14.4 Å². The van der Waals surface area contributed by atoms with Crippen LogP contribution >= 0.6 is 11.3 Å². The molecule has 6 nitrogen and oxygen atoms in total. The van der Waals surface area contributed by atoms with Crippen molar-refractivity contribution >= 4 is 29.1 Å². The van der Waals surface area contributed by atoms with Gasteiger partial charge in [-0.1, -0.05) is 6.07 Å². The van der Waals surface area contributed by atoms with Crippen LogP contribution in [0.1, 0.15) is 42.3 Å². The molecule has 1 aromatic rings. The van der Waals surface area contributed by atoms with Gasteiger partial charge >= 0.3 is 5.97 Å². The van der Waals surface area contributed by atoms with E-state index >= 15 is 0 Å². The van der Waals surface area contributed by atoms with Crippen molar-refractivity contribution in [3.05, 3.63) is 22.4 Å². The maximum Gasteiger partial charge on any atom is 0.309 e. The zero-order valence-corrected chi connectivity index (χ0v) is 16.0. The van der Waals surface area contributed by atoms with Gasteiger partial charge in [-0.05, 0) is 44.1 Å². The predicted molar refractivity (Wildman–Crippen MR) is 98.9 cm³/mol. The number of carbonyl (C=O) groups is 3. The number of piperidine rings is 2. The number of carbonyl (C=O) groups excluding carboxylic acids is 3. The summed E-state index contributed by atoms with van der Waals surface area (Å²) in [5, 5.41) is 1.90. The number of esters is 1. The van der Waals surface area contributed by atoms with E-state index in [4.69, 9.17) is 4.74 Å². The molecule has 0 N–H and O–H groups in total. The smallest absolute Gasteiger partial charge is 0.309 e. The second kappa shape index (κ2) is 8.66. The maximum absolute atomic E-state index is 12.9. The number of amides is 2. The zero-order valence-electron chi connectivity index (χ0n) is 15.2.